The second-order valence-corrected chi connectivity index (χ2v) is 7.84. The molecule has 2 heterocycles. The highest BCUT2D eigenvalue weighted by molar-refractivity contribution is 6.31. The Morgan fingerprint density at radius 1 is 1.15 bits per heavy atom. The Hall–Kier alpha value is -2.51. The summed E-state index contributed by atoms with van der Waals surface area (Å²) in [6, 6.07) is 15.5. The van der Waals surface area contributed by atoms with Gasteiger partial charge in [0.05, 0.1) is 10.6 Å². The lowest BCUT2D eigenvalue weighted by atomic mass is 9.98. The minimum absolute atomic E-state index is 0.0635. The average molecular weight is 381 g/mol. The van der Waals surface area contributed by atoms with E-state index in [4.69, 9.17) is 21.6 Å². The predicted molar refractivity (Wildman–Crippen MR) is 104 cm³/mol. The van der Waals surface area contributed by atoms with E-state index in [9.17, 15) is 4.79 Å². The molecule has 1 amide bonds. The zero-order valence-electron chi connectivity index (χ0n) is 15.2. The van der Waals surface area contributed by atoms with Gasteiger partial charge in [-0.2, -0.15) is 5.26 Å². The molecule has 4 nitrogen and oxygen atoms in total. The Morgan fingerprint density at radius 2 is 1.81 bits per heavy atom. The van der Waals surface area contributed by atoms with Crippen molar-refractivity contribution in [2.45, 2.75) is 50.8 Å². The van der Waals surface area contributed by atoms with Crippen LogP contribution in [-0.4, -0.2) is 29.0 Å². The maximum absolute atomic E-state index is 13.0. The molecule has 5 heteroatoms. The summed E-state index contributed by atoms with van der Waals surface area (Å²) in [6.07, 6.45) is 3.76. The molecule has 2 aromatic rings. The number of nitrogens with zero attached hydrogens (tertiary/aromatic N) is 2. The SMILES string of the molecule is Cc1ccc(C(=O)N2C3CCC2CC(Oc2ccc(C#N)c(Cl)c2)C3)cc1. The van der Waals surface area contributed by atoms with Crippen LogP contribution in [0.2, 0.25) is 5.02 Å². The van der Waals surface area contributed by atoms with Gasteiger partial charge in [-0.05, 0) is 44.0 Å². The zero-order valence-corrected chi connectivity index (χ0v) is 15.9. The second kappa shape index (κ2) is 7.25. The smallest absolute Gasteiger partial charge is 0.254 e. The molecule has 27 heavy (non-hydrogen) atoms. The van der Waals surface area contributed by atoms with E-state index >= 15 is 0 Å². The van der Waals surface area contributed by atoms with Gasteiger partial charge in [0.25, 0.3) is 5.91 Å². The van der Waals surface area contributed by atoms with Crippen LogP contribution in [0.1, 0.15) is 47.2 Å². The number of carbonyl (C=O) groups excluding carboxylic acids is 1. The van der Waals surface area contributed by atoms with Gasteiger partial charge in [-0.3, -0.25) is 4.79 Å². The largest absolute Gasteiger partial charge is 0.490 e. The van der Waals surface area contributed by atoms with Crippen LogP contribution < -0.4 is 4.74 Å². The van der Waals surface area contributed by atoms with Crippen molar-refractivity contribution in [1.82, 2.24) is 4.90 Å². The summed E-state index contributed by atoms with van der Waals surface area (Å²) in [5, 5.41) is 9.39. The van der Waals surface area contributed by atoms with E-state index in [1.165, 1.54) is 0 Å². The van der Waals surface area contributed by atoms with Crippen molar-refractivity contribution >= 4 is 17.5 Å². The molecule has 2 aliphatic heterocycles. The molecule has 0 aromatic heterocycles. The summed E-state index contributed by atoms with van der Waals surface area (Å²) >= 11 is 6.11. The van der Waals surface area contributed by atoms with Crippen LogP contribution in [0.5, 0.6) is 5.75 Å². The first kappa shape index (κ1) is 17.9. The maximum atomic E-state index is 13.0. The van der Waals surface area contributed by atoms with Crippen LogP contribution in [0.25, 0.3) is 0 Å². The van der Waals surface area contributed by atoms with E-state index in [1.807, 2.05) is 31.2 Å². The van der Waals surface area contributed by atoms with Gasteiger partial charge in [0.2, 0.25) is 0 Å². The third-order valence-electron chi connectivity index (χ3n) is 5.59. The number of amides is 1. The number of rotatable bonds is 3. The summed E-state index contributed by atoms with van der Waals surface area (Å²) < 4.78 is 6.13. The quantitative estimate of drug-likeness (QED) is 0.773. The molecule has 2 aliphatic rings. The monoisotopic (exact) mass is 380 g/mol. The lowest BCUT2D eigenvalue weighted by Gasteiger charge is -2.39. The number of halogens is 1. The van der Waals surface area contributed by atoms with Crippen molar-refractivity contribution in [3.63, 3.8) is 0 Å². The molecular weight excluding hydrogens is 360 g/mol. The highest BCUT2D eigenvalue weighted by Crippen LogP contribution is 2.38. The van der Waals surface area contributed by atoms with Gasteiger partial charge in [-0.1, -0.05) is 29.3 Å². The number of piperidine rings is 1. The van der Waals surface area contributed by atoms with Gasteiger partial charge in [0.15, 0.2) is 0 Å². The fraction of sp³-hybridized carbons (Fsp3) is 0.364. The van der Waals surface area contributed by atoms with Crippen molar-refractivity contribution < 1.29 is 9.53 Å². The van der Waals surface area contributed by atoms with Crippen molar-refractivity contribution in [3.8, 4) is 11.8 Å². The van der Waals surface area contributed by atoms with E-state index < -0.39 is 0 Å². The summed E-state index contributed by atoms with van der Waals surface area (Å²) in [6.45, 7) is 2.02. The second-order valence-electron chi connectivity index (χ2n) is 7.43. The highest BCUT2D eigenvalue weighted by atomic mass is 35.5. The molecular formula is C22H21ClN2O2. The van der Waals surface area contributed by atoms with Gasteiger partial charge in [-0.15, -0.1) is 0 Å². The summed E-state index contributed by atoms with van der Waals surface area (Å²) in [4.78, 5) is 15.1. The molecule has 2 atom stereocenters. The van der Waals surface area contributed by atoms with Gasteiger partial charge < -0.3 is 9.64 Å². The first-order valence-corrected chi connectivity index (χ1v) is 9.68. The summed E-state index contributed by atoms with van der Waals surface area (Å²) in [7, 11) is 0. The van der Waals surface area contributed by atoms with Gasteiger partial charge >= 0.3 is 0 Å². The molecule has 2 bridgehead atoms. The fourth-order valence-corrected chi connectivity index (χ4v) is 4.47. The van der Waals surface area contributed by atoms with E-state index in [0.29, 0.717) is 16.3 Å². The Morgan fingerprint density at radius 3 is 2.41 bits per heavy atom. The van der Waals surface area contributed by atoms with Crippen molar-refractivity contribution in [2.24, 2.45) is 0 Å². The molecule has 0 spiro atoms. The van der Waals surface area contributed by atoms with Crippen molar-refractivity contribution in [3.05, 3.63) is 64.2 Å². The fourth-order valence-electron chi connectivity index (χ4n) is 4.25. The Bertz CT molecular complexity index is 890. The predicted octanol–water partition coefficient (Wildman–Crippen LogP) is 4.73. The standard InChI is InChI=1S/C22H21ClN2O2/c1-14-2-4-15(5-3-14)22(26)25-17-7-8-18(25)11-20(10-17)27-19-9-6-16(13-24)21(23)12-19/h2-6,9,12,17-18,20H,7-8,10-11H2,1H3. The molecule has 138 valence electrons. The van der Waals surface area contributed by atoms with Crippen LogP contribution >= 0.6 is 11.6 Å². The molecule has 2 aromatic carbocycles. The average Bonchev–Trinajstić information content (AvgIpc) is 2.92. The highest BCUT2D eigenvalue weighted by Gasteiger charge is 2.44. The lowest BCUT2D eigenvalue weighted by Crippen LogP contribution is -2.49. The Labute approximate surface area is 164 Å². The van der Waals surface area contributed by atoms with Gasteiger partial charge in [-0.25, -0.2) is 0 Å². The van der Waals surface area contributed by atoms with E-state index in [0.717, 1.165) is 36.8 Å². The number of carbonyl (C=O) groups is 1. The number of hydrogen-bond donors (Lipinski definition) is 0. The molecule has 4 rings (SSSR count). The topological polar surface area (TPSA) is 53.3 Å². The number of nitriles is 1. The third-order valence-corrected chi connectivity index (χ3v) is 5.90. The lowest BCUT2D eigenvalue weighted by molar-refractivity contribution is 0.0359. The minimum atomic E-state index is 0.0635. The van der Waals surface area contributed by atoms with Crippen LogP contribution in [0.15, 0.2) is 42.5 Å². The molecule has 0 aliphatic carbocycles. The molecule has 2 fully saturated rings. The number of aryl methyl sites for hydroxylation is 1. The number of benzene rings is 2. The third kappa shape index (κ3) is 3.52. The van der Waals surface area contributed by atoms with E-state index in [-0.39, 0.29) is 24.1 Å². The normalized spacial score (nSPS) is 23.7. The molecule has 2 saturated heterocycles. The number of hydrogen-bond acceptors (Lipinski definition) is 3. The van der Waals surface area contributed by atoms with Crippen LogP contribution in [0.4, 0.5) is 0 Å². The van der Waals surface area contributed by atoms with Crippen LogP contribution in [0, 0.1) is 18.3 Å². The number of ether oxygens (including phenoxy) is 1. The van der Waals surface area contributed by atoms with Crippen LogP contribution in [0.3, 0.4) is 0 Å². The Kier molecular flexibility index (Phi) is 4.80. The number of fused-ring (bicyclic) bond motifs is 2. The van der Waals surface area contributed by atoms with Gasteiger partial charge in [0.1, 0.15) is 17.9 Å². The molecule has 0 radical (unpaired) electrons. The first-order valence-electron chi connectivity index (χ1n) is 9.31. The summed E-state index contributed by atoms with van der Waals surface area (Å²) in [5.74, 6) is 0.809. The molecule has 2 unspecified atom stereocenters. The minimum Gasteiger partial charge on any atom is -0.490 e. The van der Waals surface area contributed by atoms with E-state index in [1.54, 1.807) is 18.2 Å². The van der Waals surface area contributed by atoms with E-state index in [2.05, 4.69) is 11.0 Å². The van der Waals surface area contributed by atoms with Crippen molar-refractivity contribution in [1.29, 1.82) is 5.26 Å². The van der Waals surface area contributed by atoms with Crippen molar-refractivity contribution in [2.75, 3.05) is 0 Å². The summed E-state index contributed by atoms with van der Waals surface area (Å²) in [5.41, 5.74) is 2.36. The molecule has 0 saturated carbocycles. The Balaban J connectivity index is 1.46. The van der Waals surface area contributed by atoms with Crippen LogP contribution in [-0.2, 0) is 0 Å². The molecule has 0 N–H and O–H groups in total. The first-order chi connectivity index (χ1) is 13.0. The zero-order chi connectivity index (χ0) is 19.0. The van der Waals surface area contributed by atoms with Gasteiger partial charge in [0, 0.05) is 36.6 Å². The maximum Gasteiger partial charge on any atom is 0.254 e.